The fraction of sp³-hybridized carbons (Fsp3) is 0.500. The Balaban J connectivity index is 0.00000144. The van der Waals surface area contributed by atoms with Gasteiger partial charge < -0.3 is 10.6 Å². The predicted octanol–water partition coefficient (Wildman–Crippen LogP) is 1.58. The largest absolute Gasteiger partial charge is 0.360 e. The first-order valence-electron chi connectivity index (χ1n) is 5.34. The van der Waals surface area contributed by atoms with E-state index in [0.29, 0.717) is 5.82 Å². The molecule has 1 aliphatic heterocycles. The monoisotopic (exact) mass is 258 g/mol. The fourth-order valence-corrected chi connectivity index (χ4v) is 1.82. The Bertz CT molecular complexity index is 382. The number of nitrogens with zero attached hydrogens (tertiary/aromatic N) is 2. The first-order valence-corrected chi connectivity index (χ1v) is 5.34. The summed E-state index contributed by atoms with van der Waals surface area (Å²) in [5, 5.41) is 17.1. The molecule has 94 valence electrons. The van der Waals surface area contributed by atoms with Gasteiger partial charge in [0, 0.05) is 24.8 Å². The normalized spacial score (nSPS) is 19.2. The maximum Gasteiger partial charge on any atom is 0.311 e. The van der Waals surface area contributed by atoms with E-state index in [2.05, 4.69) is 15.6 Å². The van der Waals surface area contributed by atoms with Gasteiger partial charge >= 0.3 is 5.69 Å². The van der Waals surface area contributed by atoms with E-state index < -0.39 is 4.92 Å². The Labute approximate surface area is 105 Å². The van der Waals surface area contributed by atoms with Crippen LogP contribution in [0.2, 0.25) is 0 Å². The third kappa shape index (κ3) is 3.54. The summed E-state index contributed by atoms with van der Waals surface area (Å²) in [5.41, 5.74) is 0.0353. The van der Waals surface area contributed by atoms with E-state index in [-0.39, 0.29) is 24.1 Å². The summed E-state index contributed by atoms with van der Waals surface area (Å²) >= 11 is 0. The van der Waals surface area contributed by atoms with Gasteiger partial charge in [-0.2, -0.15) is 0 Å². The van der Waals surface area contributed by atoms with Crippen molar-refractivity contribution in [1.82, 2.24) is 10.3 Å². The maximum absolute atomic E-state index is 10.8. The van der Waals surface area contributed by atoms with Gasteiger partial charge in [0.1, 0.15) is 0 Å². The first-order chi connectivity index (χ1) is 7.77. The summed E-state index contributed by atoms with van der Waals surface area (Å²) < 4.78 is 0. The van der Waals surface area contributed by atoms with Crippen LogP contribution < -0.4 is 10.6 Å². The molecule has 0 amide bonds. The SMILES string of the molecule is Cl.O=[N+]([O-])c1cccnc1N[C@H]1CCCNC1. The van der Waals surface area contributed by atoms with Crippen molar-refractivity contribution in [2.24, 2.45) is 0 Å². The standard InChI is InChI=1S/C10H14N4O2.ClH/c15-14(16)9-4-2-6-12-10(9)13-8-3-1-5-11-7-8;/h2,4,6,8,11H,1,3,5,7H2,(H,12,13);1H/t8-;/m0./s1. The van der Waals surface area contributed by atoms with Crippen LogP contribution in [0.3, 0.4) is 0 Å². The predicted molar refractivity (Wildman–Crippen MR) is 67.7 cm³/mol. The number of nitro groups is 1. The molecule has 1 fully saturated rings. The second-order valence-corrected chi connectivity index (χ2v) is 3.82. The number of pyridine rings is 1. The lowest BCUT2D eigenvalue weighted by Crippen LogP contribution is -2.38. The average Bonchev–Trinajstić information content (AvgIpc) is 2.31. The molecule has 2 heterocycles. The molecular weight excluding hydrogens is 244 g/mol. The highest BCUT2D eigenvalue weighted by Crippen LogP contribution is 2.22. The summed E-state index contributed by atoms with van der Waals surface area (Å²) in [6, 6.07) is 3.26. The van der Waals surface area contributed by atoms with Crippen LogP contribution in [0.5, 0.6) is 0 Å². The Morgan fingerprint density at radius 3 is 3.06 bits per heavy atom. The second kappa shape index (κ2) is 6.36. The number of halogens is 1. The zero-order valence-electron chi connectivity index (χ0n) is 9.26. The molecule has 0 spiro atoms. The minimum atomic E-state index is -0.411. The van der Waals surface area contributed by atoms with Crippen LogP contribution in [0.4, 0.5) is 11.5 Å². The quantitative estimate of drug-likeness (QED) is 0.636. The third-order valence-electron chi connectivity index (χ3n) is 2.62. The Morgan fingerprint density at radius 1 is 1.59 bits per heavy atom. The van der Waals surface area contributed by atoms with Gasteiger partial charge in [-0.1, -0.05) is 0 Å². The smallest absolute Gasteiger partial charge is 0.311 e. The maximum atomic E-state index is 10.8. The molecule has 2 rings (SSSR count). The molecule has 0 aromatic carbocycles. The molecule has 0 saturated carbocycles. The van der Waals surface area contributed by atoms with Crippen LogP contribution >= 0.6 is 12.4 Å². The molecule has 0 radical (unpaired) electrons. The summed E-state index contributed by atoms with van der Waals surface area (Å²) in [6.45, 7) is 1.84. The Hall–Kier alpha value is -1.40. The highest BCUT2D eigenvalue weighted by molar-refractivity contribution is 5.85. The van der Waals surface area contributed by atoms with Gasteiger partial charge in [0.25, 0.3) is 0 Å². The number of anilines is 1. The molecule has 0 unspecified atom stereocenters. The molecular formula is C10H15ClN4O2. The summed E-state index contributed by atoms with van der Waals surface area (Å²) in [4.78, 5) is 14.4. The lowest BCUT2D eigenvalue weighted by atomic mass is 10.1. The Morgan fingerprint density at radius 2 is 2.41 bits per heavy atom. The van der Waals surface area contributed by atoms with Crippen LogP contribution in [-0.4, -0.2) is 29.0 Å². The van der Waals surface area contributed by atoms with Gasteiger partial charge in [0.2, 0.25) is 5.82 Å². The molecule has 17 heavy (non-hydrogen) atoms. The van der Waals surface area contributed by atoms with Gasteiger partial charge in [-0.3, -0.25) is 10.1 Å². The molecule has 0 bridgehead atoms. The number of nitrogens with one attached hydrogen (secondary N) is 2. The van der Waals surface area contributed by atoms with E-state index >= 15 is 0 Å². The molecule has 2 N–H and O–H groups in total. The molecule has 1 aromatic heterocycles. The topological polar surface area (TPSA) is 80.1 Å². The number of hydrogen-bond acceptors (Lipinski definition) is 5. The van der Waals surface area contributed by atoms with Gasteiger partial charge in [0.15, 0.2) is 0 Å². The number of rotatable bonds is 3. The van der Waals surface area contributed by atoms with E-state index in [1.807, 2.05) is 0 Å². The van der Waals surface area contributed by atoms with Crippen molar-refractivity contribution in [3.8, 4) is 0 Å². The van der Waals surface area contributed by atoms with Crippen LogP contribution in [0, 0.1) is 10.1 Å². The minimum Gasteiger partial charge on any atom is -0.360 e. The summed E-state index contributed by atoms with van der Waals surface area (Å²) in [6.07, 6.45) is 3.66. The third-order valence-corrected chi connectivity index (χ3v) is 2.62. The van der Waals surface area contributed by atoms with E-state index in [4.69, 9.17) is 0 Å². The van der Waals surface area contributed by atoms with E-state index in [0.717, 1.165) is 25.9 Å². The summed E-state index contributed by atoms with van der Waals surface area (Å²) in [7, 11) is 0. The van der Waals surface area contributed by atoms with E-state index in [1.165, 1.54) is 6.07 Å². The molecule has 6 nitrogen and oxygen atoms in total. The van der Waals surface area contributed by atoms with Crippen molar-refractivity contribution in [2.75, 3.05) is 18.4 Å². The fourth-order valence-electron chi connectivity index (χ4n) is 1.82. The Kier molecular flexibility index (Phi) is 5.11. The van der Waals surface area contributed by atoms with Crippen LogP contribution in [-0.2, 0) is 0 Å². The summed E-state index contributed by atoms with van der Waals surface area (Å²) in [5.74, 6) is 0.362. The van der Waals surface area contributed by atoms with Crippen LogP contribution in [0.1, 0.15) is 12.8 Å². The van der Waals surface area contributed by atoms with Crippen molar-refractivity contribution in [1.29, 1.82) is 0 Å². The molecule has 1 atom stereocenters. The molecule has 7 heteroatoms. The average molecular weight is 259 g/mol. The first kappa shape index (κ1) is 13.7. The zero-order valence-corrected chi connectivity index (χ0v) is 10.1. The number of hydrogen-bond donors (Lipinski definition) is 2. The van der Waals surface area contributed by atoms with Crippen LogP contribution in [0.15, 0.2) is 18.3 Å². The highest BCUT2D eigenvalue weighted by atomic mass is 35.5. The molecule has 1 saturated heterocycles. The van der Waals surface area contributed by atoms with Crippen molar-refractivity contribution in [2.45, 2.75) is 18.9 Å². The zero-order chi connectivity index (χ0) is 11.4. The van der Waals surface area contributed by atoms with Crippen LogP contribution in [0.25, 0.3) is 0 Å². The number of aromatic nitrogens is 1. The van der Waals surface area contributed by atoms with Gasteiger partial charge in [0.05, 0.1) is 4.92 Å². The minimum absolute atomic E-state index is 0. The number of piperidine rings is 1. The van der Waals surface area contributed by atoms with Gasteiger partial charge in [-0.25, -0.2) is 4.98 Å². The van der Waals surface area contributed by atoms with E-state index in [9.17, 15) is 10.1 Å². The molecule has 1 aromatic rings. The molecule has 0 aliphatic carbocycles. The van der Waals surface area contributed by atoms with Crippen molar-refractivity contribution in [3.63, 3.8) is 0 Å². The lowest BCUT2D eigenvalue weighted by molar-refractivity contribution is -0.384. The van der Waals surface area contributed by atoms with Crippen molar-refractivity contribution >= 4 is 23.9 Å². The van der Waals surface area contributed by atoms with Crippen molar-refractivity contribution < 1.29 is 4.92 Å². The van der Waals surface area contributed by atoms with E-state index in [1.54, 1.807) is 12.3 Å². The molecule has 1 aliphatic rings. The van der Waals surface area contributed by atoms with Gasteiger partial charge in [-0.15, -0.1) is 12.4 Å². The van der Waals surface area contributed by atoms with Gasteiger partial charge in [-0.05, 0) is 25.5 Å². The highest BCUT2D eigenvalue weighted by Gasteiger charge is 2.19. The van der Waals surface area contributed by atoms with Crippen molar-refractivity contribution in [3.05, 3.63) is 28.4 Å². The lowest BCUT2D eigenvalue weighted by Gasteiger charge is -2.23. The second-order valence-electron chi connectivity index (χ2n) is 3.82.